The third kappa shape index (κ3) is 7.70. The van der Waals surface area contributed by atoms with E-state index in [2.05, 4.69) is 81.4 Å². The van der Waals surface area contributed by atoms with Crippen LogP contribution in [0.5, 0.6) is 0 Å². The lowest BCUT2D eigenvalue weighted by Gasteiger charge is -2.11. The lowest BCUT2D eigenvalue weighted by Crippen LogP contribution is -1.95. The first-order valence-corrected chi connectivity index (χ1v) is 8.36. The van der Waals surface area contributed by atoms with E-state index < -0.39 is 0 Å². The van der Waals surface area contributed by atoms with E-state index in [4.69, 9.17) is 0 Å². The van der Waals surface area contributed by atoms with E-state index in [-0.39, 0.29) is 0 Å². The van der Waals surface area contributed by atoms with Gasteiger partial charge in [-0.15, -0.1) is 0 Å². The van der Waals surface area contributed by atoms with E-state index in [0.717, 1.165) is 6.42 Å². The van der Waals surface area contributed by atoms with Crippen molar-refractivity contribution in [1.29, 1.82) is 0 Å². The van der Waals surface area contributed by atoms with E-state index in [1.165, 1.54) is 36.8 Å². The minimum Gasteiger partial charge on any atom is -0.0654 e. The van der Waals surface area contributed by atoms with Crippen molar-refractivity contribution in [2.45, 2.75) is 58.8 Å². The summed E-state index contributed by atoms with van der Waals surface area (Å²) in [6, 6.07) is 21.5. The molecule has 0 aliphatic rings. The smallest absolute Gasteiger partial charge is 0.0187 e. The second-order valence-electron chi connectivity index (χ2n) is 5.69. The maximum Gasteiger partial charge on any atom is -0.0187 e. The molecule has 0 nitrogen and oxygen atoms in total. The molecule has 0 amide bonds. The first-order valence-electron chi connectivity index (χ1n) is 8.36. The van der Waals surface area contributed by atoms with Crippen LogP contribution in [0.4, 0.5) is 0 Å². The summed E-state index contributed by atoms with van der Waals surface area (Å²) in [4.78, 5) is 0. The van der Waals surface area contributed by atoms with Crippen LogP contribution in [0.3, 0.4) is 0 Å². The molecule has 0 fully saturated rings. The highest BCUT2D eigenvalue weighted by atomic mass is 14.1. The summed E-state index contributed by atoms with van der Waals surface area (Å²) in [6.07, 6.45) is 6.46. The van der Waals surface area contributed by atoms with Crippen LogP contribution in [0.2, 0.25) is 0 Å². The molecular formula is C21H30. The number of aryl methyl sites for hydroxylation is 1. The number of benzene rings is 2. The number of unbranched alkanes of at least 4 members (excludes halogenated alkanes) is 2. The Morgan fingerprint density at radius 3 is 1.76 bits per heavy atom. The molecule has 0 spiro atoms. The standard InChI is InChI=1S/C16H18.C5H12/c1-14(16-10-6-3-7-11-16)12-13-15-8-4-2-5-9-15;1-3-5-4-2/h2-11,14H,12-13H2,1H3;3-5H2,1-2H3. The zero-order valence-electron chi connectivity index (χ0n) is 13.9. The van der Waals surface area contributed by atoms with Gasteiger partial charge in [-0.1, -0.05) is 101 Å². The largest absolute Gasteiger partial charge is 0.0654 e. The summed E-state index contributed by atoms with van der Waals surface area (Å²) < 4.78 is 0. The monoisotopic (exact) mass is 282 g/mol. The Kier molecular flexibility index (Phi) is 9.28. The van der Waals surface area contributed by atoms with Crippen LogP contribution in [-0.2, 0) is 6.42 Å². The number of hydrogen-bond donors (Lipinski definition) is 0. The fraction of sp³-hybridized carbons (Fsp3) is 0.429. The first kappa shape index (κ1) is 17.5. The van der Waals surface area contributed by atoms with Crippen LogP contribution in [-0.4, -0.2) is 0 Å². The van der Waals surface area contributed by atoms with Crippen molar-refractivity contribution < 1.29 is 0 Å². The van der Waals surface area contributed by atoms with E-state index in [1.54, 1.807) is 0 Å². The molecule has 21 heavy (non-hydrogen) atoms. The molecule has 0 aliphatic carbocycles. The Morgan fingerprint density at radius 1 is 0.762 bits per heavy atom. The Balaban J connectivity index is 0.000000383. The highest BCUT2D eigenvalue weighted by molar-refractivity contribution is 5.20. The second kappa shape index (κ2) is 11.1. The fourth-order valence-electron chi connectivity index (χ4n) is 2.33. The summed E-state index contributed by atoms with van der Waals surface area (Å²) in [5.74, 6) is 0.640. The zero-order valence-corrected chi connectivity index (χ0v) is 13.9. The third-order valence-corrected chi connectivity index (χ3v) is 3.78. The van der Waals surface area contributed by atoms with Gasteiger partial charge in [0, 0.05) is 0 Å². The van der Waals surface area contributed by atoms with Crippen LogP contribution in [0.1, 0.15) is 63.5 Å². The minimum absolute atomic E-state index is 0.640. The van der Waals surface area contributed by atoms with E-state index in [9.17, 15) is 0 Å². The van der Waals surface area contributed by atoms with E-state index in [1.807, 2.05) is 0 Å². The molecule has 2 aromatic rings. The van der Waals surface area contributed by atoms with Gasteiger partial charge in [-0.3, -0.25) is 0 Å². The summed E-state index contributed by atoms with van der Waals surface area (Å²) in [7, 11) is 0. The molecule has 114 valence electrons. The summed E-state index contributed by atoms with van der Waals surface area (Å²) in [6.45, 7) is 6.73. The molecule has 0 radical (unpaired) electrons. The van der Waals surface area contributed by atoms with Crippen molar-refractivity contribution in [2.75, 3.05) is 0 Å². The van der Waals surface area contributed by atoms with Gasteiger partial charge in [0.25, 0.3) is 0 Å². The molecule has 1 unspecified atom stereocenters. The second-order valence-corrected chi connectivity index (χ2v) is 5.69. The summed E-state index contributed by atoms with van der Waals surface area (Å²) in [5, 5.41) is 0. The van der Waals surface area contributed by atoms with E-state index in [0.29, 0.717) is 5.92 Å². The van der Waals surface area contributed by atoms with Crippen molar-refractivity contribution in [2.24, 2.45) is 0 Å². The van der Waals surface area contributed by atoms with Gasteiger partial charge in [-0.05, 0) is 29.9 Å². The summed E-state index contributed by atoms with van der Waals surface area (Å²) in [5.41, 5.74) is 2.88. The quantitative estimate of drug-likeness (QED) is 0.558. The highest BCUT2D eigenvalue weighted by Gasteiger charge is 2.04. The average Bonchev–Trinajstić information content (AvgIpc) is 2.56. The van der Waals surface area contributed by atoms with Gasteiger partial charge in [0.15, 0.2) is 0 Å². The number of hydrogen-bond acceptors (Lipinski definition) is 0. The van der Waals surface area contributed by atoms with Gasteiger partial charge in [0.1, 0.15) is 0 Å². The van der Waals surface area contributed by atoms with Crippen molar-refractivity contribution in [3.63, 3.8) is 0 Å². The van der Waals surface area contributed by atoms with Gasteiger partial charge in [0.05, 0.1) is 0 Å². The molecule has 2 rings (SSSR count). The number of rotatable bonds is 6. The van der Waals surface area contributed by atoms with Crippen LogP contribution in [0, 0.1) is 0 Å². The SMILES string of the molecule is CC(CCc1ccccc1)c1ccccc1.CCCCC. The first-order chi connectivity index (χ1) is 10.3. The highest BCUT2D eigenvalue weighted by Crippen LogP contribution is 2.20. The molecule has 2 aromatic carbocycles. The molecule has 0 saturated heterocycles. The maximum atomic E-state index is 2.30. The zero-order chi connectivity index (χ0) is 15.3. The van der Waals surface area contributed by atoms with Crippen LogP contribution in [0.15, 0.2) is 60.7 Å². The average molecular weight is 282 g/mol. The molecule has 0 aromatic heterocycles. The molecule has 1 atom stereocenters. The Morgan fingerprint density at radius 2 is 1.29 bits per heavy atom. The predicted octanol–water partition coefficient (Wildman–Crippen LogP) is 6.62. The summed E-state index contributed by atoms with van der Waals surface area (Å²) >= 11 is 0. The van der Waals surface area contributed by atoms with Gasteiger partial charge >= 0.3 is 0 Å². The molecule has 0 saturated carbocycles. The van der Waals surface area contributed by atoms with Crippen molar-refractivity contribution >= 4 is 0 Å². The molecule has 0 aliphatic heterocycles. The fourth-order valence-corrected chi connectivity index (χ4v) is 2.33. The van der Waals surface area contributed by atoms with Gasteiger partial charge in [-0.25, -0.2) is 0 Å². The third-order valence-electron chi connectivity index (χ3n) is 3.78. The molecule has 0 heterocycles. The molecule has 0 N–H and O–H groups in total. The lowest BCUT2D eigenvalue weighted by molar-refractivity contribution is 0.679. The van der Waals surface area contributed by atoms with Crippen LogP contribution >= 0.6 is 0 Å². The van der Waals surface area contributed by atoms with Crippen LogP contribution in [0.25, 0.3) is 0 Å². The lowest BCUT2D eigenvalue weighted by atomic mass is 9.94. The topological polar surface area (TPSA) is 0 Å². The minimum atomic E-state index is 0.640. The maximum absolute atomic E-state index is 2.30. The van der Waals surface area contributed by atoms with Crippen molar-refractivity contribution in [3.05, 3.63) is 71.8 Å². The Labute approximate surface area is 131 Å². The van der Waals surface area contributed by atoms with E-state index >= 15 is 0 Å². The Bertz CT molecular complexity index is 442. The van der Waals surface area contributed by atoms with Gasteiger partial charge < -0.3 is 0 Å². The van der Waals surface area contributed by atoms with Crippen molar-refractivity contribution in [3.8, 4) is 0 Å². The van der Waals surface area contributed by atoms with Crippen molar-refractivity contribution in [1.82, 2.24) is 0 Å². The molecule has 0 bridgehead atoms. The predicted molar refractivity (Wildman–Crippen MR) is 94.8 cm³/mol. The Hall–Kier alpha value is -1.56. The normalized spacial score (nSPS) is 11.4. The van der Waals surface area contributed by atoms with Gasteiger partial charge in [0.2, 0.25) is 0 Å². The molecule has 0 heteroatoms. The molecular weight excluding hydrogens is 252 g/mol. The van der Waals surface area contributed by atoms with Gasteiger partial charge in [-0.2, -0.15) is 0 Å². The van der Waals surface area contributed by atoms with Crippen LogP contribution < -0.4 is 0 Å².